The third-order valence-electron chi connectivity index (χ3n) is 6.55. The van der Waals surface area contributed by atoms with Gasteiger partial charge >= 0.3 is 0 Å². The predicted octanol–water partition coefficient (Wildman–Crippen LogP) is 2.82. The zero-order chi connectivity index (χ0) is 22.1. The molecule has 4 atom stereocenters. The monoisotopic (exact) mass is 561 g/mol. The van der Waals surface area contributed by atoms with Gasteiger partial charge in [-0.25, -0.2) is 4.99 Å². The molecule has 2 aromatic rings. The Morgan fingerprint density at radius 3 is 2.48 bits per heavy atom. The molecule has 8 nitrogen and oxygen atoms in total. The number of carbonyl (C=O) groups excluding carboxylic acids is 2. The minimum Gasteiger partial charge on any atom is -0.357 e. The first-order valence-corrected chi connectivity index (χ1v) is 11.2. The van der Waals surface area contributed by atoms with Crippen LogP contribution in [-0.4, -0.2) is 47.5 Å². The second-order valence-electron chi connectivity index (χ2n) is 8.50. The number of guanidine groups is 1. The Morgan fingerprint density at radius 2 is 1.82 bits per heavy atom. The smallest absolute Gasteiger partial charge is 0.233 e. The largest absolute Gasteiger partial charge is 0.357 e. The van der Waals surface area contributed by atoms with E-state index >= 15 is 0 Å². The lowest BCUT2D eigenvalue weighted by atomic mass is 9.85. The van der Waals surface area contributed by atoms with Gasteiger partial charge in [-0.05, 0) is 25.2 Å². The van der Waals surface area contributed by atoms with Crippen molar-refractivity contribution in [2.45, 2.75) is 19.9 Å². The molecule has 4 unspecified atom stereocenters. The summed E-state index contributed by atoms with van der Waals surface area (Å²) < 4.78 is 5.43. The van der Waals surface area contributed by atoms with Crippen LogP contribution >= 0.6 is 24.0 Å². The first-order valence-electron chi connectivity index (χ1n) is 11.2. The van der Waals surface area contributed by atoms with Crippen LogP contribution in [0.4, 0.5) is 0 Å². The Kier molecular flexibility index (Phi) is 7.16. The summed E-state index contributed by atoms with van der Waals surface area (Å²) in [6.07, 6.45) is 5.17. The lowest BCUT2D eigenvalue weighted by Crippen LogP contribution is -2.43. The molecule has 33 heavy (non-hydrogen) atoms. The van der Waals surface area contributed by atoms with E-state index in [1.807, 2.05) is 43.3 Å². The van der Waals surface area contributed by atoms with Gasteiger partial charge in [-0.15, -0.1) is 24.0 Å². The van der Waals surface area contributed by atoms with Crippen molar-refractivity contribution < 1.29 is 14.1 Å². The fourth-order valence-corrected chi connectivity index (χ4v) is 5.10. The first kappa shape index (κ1) is 23.5. The SMILES string of the molecule is CCNC(=NCc1cc(-c2ccccc2)on1)NCCN1C(=O)C2C3C=CC(C3)C2C1=O.I. The van der Waals surface area contributed by atoms with Crippen molar-refractivity contribution in [2.75, 3.05) is 19.6 Å². The number of nitrogens with zero attached hydrogens (tertiary/aromatic N) is 3. The molecule has 2 bridgehead atoms. The van der Waals surface area contributed by atoms with E-state index in [0.29, 0.717) is 37.9 Å². The minimum atomic E-state index is -0.148. The molecule has 1 saturated heterocycles. The Morgan fingerprint density at radius 1 is 1.12 bits per heavy atom. The van der Waals surface area contributed by atoms with E-state index in [4.69, 9.17) is 4.52 Å². The average Bonchev–Trinajstić information content (AvgIpc) is 3.59. The summed E-state index contributed by atoms with van der Waals surface area (Å²) in [5, 5.41) is 10.5. The number of rotatable bonds is 7. The molecule has 2 N–H and O–H groups in total. The van der Waals surface area contributed by atoms with E-state index in [0.717, 1.165) is 17.7 Å². The highest BCUT2D eigenvalue weighted by Crippen LogP contribution is 2.52. The highest BCUT2D eigenvalue weighted by atomic mass is 127. The van der Waals surface area contributed by atoms with Crippen LogP contribution in [0, 0.1) is 23.7 Å². The molecular formula is C24H28IN5O3. The summed E-state index contributed by atoms with van der Waals surface area (Å²) in [5.41, 5.74) is 1.69. The Labute approximate surface area is 209 Å². The Bertz CT molecular complexity index is 1040. The van der Waals surface area contributed by atoms with E-state index in [-0.39, 0.29) is 59.5 Å². The van der Waals surface area contributed by atoms with E-state index in [1.165, 1.54) is 4.90 Å². The molecule has 2 heterocycles. The number of aliphatic imine (C=N–C) groups is 1. The molecule has 0 radical (unpaired) electrons. The van der Waals surface area contributed by atoms with Gasteiger partial charge in [0.05, 0.1) is 18.4 Å². The fraction of sp³-hybridized carbons (Fsp3) is 0.417. The van der Waals surface area contributed by atoms with Crippen LogP contribution in [0.15, 0.2) is 58.1 Å². The third kappa shape index (κ3) is 4.55. The number of benzene rings is 1. The van der Waals surface area contributed by atoms with Gasteiger partial charge in [-0.3, -0.25) is 14.5 Å². The van der Waals surface area contributed by atoms with Crippen LogP contribution < -0.4 is 10.6 Å². The van der Waals surface area contributed by atoms with Gasteiger partial charge in [0, 0.05) is 31.3 Å². The predicted molar refractivity (Wildman–Crippen MR) is 135 cm³/mol. The van der Waals surface area contributed by atoms with Gasteiger partial charge in [0.1, 0.15) is 5.69 Å². The number of aromatic nitrogens is 1. The number of nitrogens with one attached hydrogen (secondary N) is 2. The molecular weight excluding hydrogens is 533 g/mol. The summed E-state index contributed by atoms with van der Waals surface area (Å²) in [6.45, 7) is 3.82. The van der Waals surface area contributed by atoms with Crippen LogP contribution in [0.3, 0.4) is 0 Å². The molecule has 2 aliphatic carbocycles. The number of fused-ring (bicyclic) bond motifs is 5. The standard InChI is InChI=1S/C24H27N5O3.HI/c1-2-25-24(27-14-18-13-19(32-28-18)15-6-4-3-5-7-15)26-10-11-29-22(30)20-16-8-9-17(12-16)21(20)23(29)31;/h3-9,13,16-17,20-21H,2,10-12,14H2,1H3,(H2,25,26,27);1H. The lowest BCUT2D eigenvalue weighted by molar-refractivity contribution is -0.140. The molecule has 1 aromatic carbocycles. The van der Waals surface area contributed by atoms with Crippen molar-refractivity contribution in [2.24, 2.45) is 28.7 Å². The van der Waals surface area contributed by atoms with Crippen molar-refractivity contribution >= 4 is 41.8 Å². The second-order valence-corrected chi connectivity index (χ2v) is 8.50. The molecule has 0 spiro atoms. The summed E-state index contributed by atoms with van der Waals surface area (Å²) in [4.78, 5) is 31.6. The van der Waals surface area contributed by atoms with Gasteiger partial charge < -0.3 is 15.2 Å². The third-order valence-corrected chi connectivity index (χ3v) is 6.55. The Balaban J connectivity index is 0.00000259. The topological polar surface area (TPSA) is 99.8 Å². The fourth-order valence-electron chi connectivity index (χ4n) is 5.10. The van der Waals surface area contributed by atoms with Crippen LogP contribution in [0.25, 0.3) is 11.3 Å². The van der Waals surface area contributed by atoms with E-state index in [1.54, 1.807) is 0 Å². The highest BCUT2D eigenvalue weighted by molar-refractivity contribution is 14.0. The van der Waals surface area contributed by atoms with Crippen molar-refractivity contribution in [1.29, 1.82) is 0 Å². The summed E-state index contributed by atoms with van der Waals surface area (Å²) >= 11 is 0. The van der Waals surface area contributed by atoms with Crippen LogP contribution in [-0.2, 0) is 16.1 Å². The molecule has 3 aliphatic rings. The van der Waals surface area contributed by atoms with Crippen LogP contribution in [0.5, 0.6) is 0 Å². The Hall–Kier alpha value is -2.69. The molecule has 1 saturated carbocycles. The number of imide groups is 1. The van der Waals surface area contributed by atoms with Crippen molar-refractivity contribution in [3.8, 4) is 11.3 Å². The molecule has 2 amide bonds. The van der Waals surface area contributed by atoms with Gasteiger partial charge in [-0.2, -0.15) is 0 Å². The van der Waals surface area contributed by atoms with Crippen molar-refractivity contribution in [3.63, 3.8) is 0 Å². The van der Waals surface area contributed by atoms with Crippen molar-refractivity contribution in [3.05, 3.63) is 54.2 Å². The maximum atomic E-state index is 12.8. The number of halogens is 1. The van der Waals surface area contributed by atoms with E-state index in [2.05, 4.69) is 32.9 Å². The molecule has 174 valence electrons. The normalized spacial score (nSPS) is 25.4. The van der Waals surface area contributed by atoms with E-state index < -0.39 is 0 Å². The zero-order valence-electron chi connectivity index (χ0n) is 18.4. The maximum absolute atomic E-state index is 12.8. The number of hydrogen-bond acceptors (Lipinski definition) is 5. The van der Waals surface area contributed by atoms with Crippen molar-refractivity contribution in [1.82, 2.24) is 20.7 Å². The second kappa shape index (κ2) is 10.1. The summed E-state index contributed by atoms with van der Waals surface area (Å²) in [5.74, 6) is 1.46. The molecule has 5 rings (SSSR count). The zero-order valence-corrected chi connectivity index (χ0v) is 20.8. The van der Waals surface area contributed by atoms with Crippen LogP contribution in [0.1, 0.15) is 19.0 Å². The minimum absolute atomic E-state index is 0. The van der Waals surface area contributed by atoms with Gasteiger partial charge in [0.2, 0.25) is 11.8 Å². The highest BCUT2D eigenvalue weighted by Gasteiger charge is 2.58. The lowest BCUT2D eigenvalue weighted by Gasteiger charge is -2.18. The number of hydrogen-bond donors (Lipinski definition) is 2. The number of carbonyl (C=O) groups is 2. The summed E-state index contributed by atoms with van der Waals surface area (Å²) in [6, 6.07) is 11.7. The molecule has 1 aliphatic heterocycles. The van der Waals surface area contributed by atoms with Crippen LogP contribution in [0.2, 0.25) is 0 Å². The van der Waals surface area contributed by atoms with Gasteiger partial charge in [0.25, 0.3) is 0 Å². The first-order chi connectivity index (χ1) is 15.7. The number of allylic oxidation sites excluding steroid dienone is 2. The number of amides is 2. The van der Waals surface area contributed by atoms with Gasteiger partial charge in [-0.1, -0.05) is 47.6 Å². The summed E-state index contributed by atoms with van der Waals surface area (Å²) in [7, 11) is 0. The molecule has 1 aromatic heterocycles. The molecule has 9 heteroatoms. The average molecular weight is 561 g/mol. The number of likely N-dealkylation sites (tertiary alicyclic amines) is 1. The maximum Gasteiger partial charge on any atom is 0.233 e. The van der Waals surface area contributed by atoms with Gasteiger partial charge in [0.15, 0.2) is 11.7 Å². The quantitative estimate of drug-likeness (QED) is 0.177. The van der Waals surface area contributed by atoms with E-state index in [9.17, 15) is 9.59 Å². The molecule has 2 fully saturated rings.